The molecule has 2 aliphatic rings. The predicted molar refractivity (Wildman–Crippen MR) is 121 cm³/mol. The van der Waals surface area contributed by atoms with Crippen molar-refractivity contribution < 1.29 is 32.9 Å². The quantitative estimate of drug-likeness (QED) is 0.554. The van der Waals surface area contributed by atoms with Gasteiger partial charge in [0.15, 0.2) is 0 Å². The third-order valence-corrected chi connectivity index (χ3v) is 5.98. The van der Waals surface area contributed by atoms with Crippen molar-refractivity contribution in [3.8, 4) is 0 Å². The Balaban J connectivity index is 1.70. The molecule has 1 aliphatic carbocycles. The van der Waals surface area contributed by atoms with E-state index in [0.717, 1.165) is 18.4 Å². The number of ether oxygens (including phenoxy) is 4. The van der Waals surface area contributed by atoms with Crippen LogP contribution in [0.15, 0.2) is 24.3 Å². The van der Waals surface area contributed by atoms with Crippen LogP contribution in [0.2, 0.25) is 0 Å². The van der Waals surface area contributed by atoms with E-state index in [-0.39, 0.29) is 30.9 Å². The summed E-state index contributed by atoms with van der Waals surface area (Å²) < 4.78 is 36.6. The Morgan fingerprint density at radius 1 is 1.15 bits per heavy atom. The zero-order valence-corrected chi connectivity index (χ0v) is 20.2. The molecule has 1 saturated carbocycles. The summed E-state index contributed by atoms with van der Waals surface area (Å²) in [6.45, 7) is 8.38. The molecule has 1 saturated heterocycles. The number of halogens is 1. The fraction of sp³-hybridized carbons (Fsp3) is 0.692. The molecule has 0 radical (unpaired) electrons. The maximum absolute atomic E-state index is 13.4. The molecular formula is C26H37FO6. The molecule has 0 aromatic heterocycles. The average Bonchev–Trinajstić information content (AvgIpc) is 3.54. The first-order chi connectivity index (χ1) is 15.6. The van der Waals surface area contributed by atoms with Gasteiger partial charge in [-0.3, -0.25) is 9.59 Å². The molecule has 1 aromatic rings. The van der Waals surface area contributed by atoms with Crippen molar-refractivity contribution in [2.45, 2.75) is 77.6 Å². The Kier molecular flexibility index (Phi) is 8.88. The van der Waals surface area contributed by atoms with Crippen LogP contribution < -0.4 is 0 Å². The van der Waals surface area contributed by atoms with Crippen LogP contribution in [-0.4, -0.2) is 49.6 Å². The summed E-state index contributed by atoms with van der Waals surface area (Å²) in [7, 11) is 0. The number of hydrogen-bond donors (Lipinski definition) is 0. The van der Waals surface area contributed by atoms with Crippen molar-refractivity contribution in [2.75, 3.05) is 19.8 Å². The van der Waals surface area contributed by atoms with Gasteiger partial charge in [0.25, 0.3) is 0 Å². The Morgan fingerprint density at radius 3 is 2.48 bits per heavy atom. The molecule has 33 heavy (non-hydrogen) atoms. The van der Waals surface area contributed by atoms with Crippen LogP contribution in [0.5, 0.6) is 0 Å². The first-order valence-electron chi connectivity index (χ1n) is 12.0. The van der Waals surface area contributed by atoms with Gasteiger partial charge in [-0.25, -0.2) is 4.39 Å². The first kappa shape index (κ1) is 25.6. The second kappa shape index (κ2) is 11.4. The molecular weight excluding hydrogens is 427 g/mol. The van der Waals surface area contributed by atoms with E-state index in [1.165, 1.54) is 12.1 Å². The van der Waals surface area contributed by atoms with E-state index >= 15 is 0 Å². The SMILES string of the molecule is C[C@@H]1OC(=O)[C@@H](CC(=O)OC(C)(C)C)COCC[C@H](Cc2ccc(F)cc2)[C@H]1OCC1CC1. The van der Waals surface area contributed by atoms with Gasteiger partial charge in [0.05, 0.1) is 25.0 Å². The molecule has 0 amide bonds. The summed E-state index contributed by atoms with van der Waals surface area (Å²) in [6.07, 6.45) is 2.80. The lowest BCUT2D eigenvalue weighted by Crippen LogP contribution is -2.42. The summed E-state index contributed by atoms with van der Waals surface area (Å²) in [5, 5.41) is 0. The molecule has 2 fully saturated rings. The highest BCUT2D eigenvalue weighted by atomic mass is 19.1. The number of rotatable bonds is 7. The van der Waals surface area contributed by atoms with E-state index in [9.17, 15) is 14.0 Å². The monoisotopic (exact) mass is 464 g/mol. The molecule has 184 valence electrons. The van der Waals surface area contributed by atoms with Gasteiger partial charge in [0.2, 0.25) is 0 Å². The smallest absolute Gasteiger partial charge is 0.312 e. The predicted octanol–water partition coefficient (Wildman–Crippen LogP) is 4.48. The summed E-state index contributed by atoms with van der Waals surface area (Å²) in [4.78, 5) is 25.2. The lowest BCUT2D eigenvalue weighted by molar-refractivity contribution is -0.174. The van der Waals surface area contributed by atoms with Crippen LogP contribution in [0, 0.1) is 23.6 Å². The molecule has 4 atom stereocenters. The Hall–Kier alpha value is -1.99. The van der Waals surface area contributed by atoms with Crippen molar-refractivity contribution in [1.82, 2.24) is 0 Å². The van der Waals surface area contributed by atoms with Crippen molar-refractivity contribution in [1.29, 1.82) is 0 Å². The molecule has 0 spiro atoms. The lowest BCUT2D eigenvalue weighted by atomic mass is 9.88. The molecule has 0 unspecified atom stereocenters. The van der Waals surface area contributed by atoms with E-state index < -0.39 is 29.6 Å². The largest absolute Gasteiger partial charge is 0.460 e. The fourth-order valence-corrected chi connectivity index (χ4v) is 4.09. The van der Waals surface area contributed by atoms with Crippen LogP contribution in [0.3, 0.4) is 0 Å². The standard InChI is InChI=1S/C26H37FO6/c1-17-24(31-15-19-5-6-19)20(13-18-7-9-22(27)10-8-18)11-12-30-16-21(25(29)32-17)14-23(28)33-26(2,3)4/h7-10,17,19-21,24H,5-6,11-16H2,1-4H3/t17-,20+,21-,24-/m0/s1. The first-order valence-corrected chi connectivity index (χ1v) is 12.0. The summed E-state index contributed by atoms with van der Waals surface area (Å²) in [6, 6.07) is 6.47. The van der Waals surface area contributed by atoms with E-state index in [2.05, 4.69) is 0 Å². The third kappa shape index (κ3) is 8.70. The second-order valence-electron chi connectivity index (χ2n) is 10.3. The number of carbonyl (C=O) groups excluding carboxylic acids is 2. The van der Waals surface area contributed by atoms with E-state index in [1.807, 2.05) is 6.92 Å². The fourth-order valence-electron chi connectivity index (χ4n) is 4.09. The van der Waals surface area contributed by atoms with E-state index in [4.69, 9.17) is 18.9 Å². The highest BCUT2D eigenvalue weighted by Gasteiger charge is 2.36. The maximum Gasteiger partial charge on any atom is 0.312 e. The minimum atomic E-state index is -0.722. The van der Waals surface area contributed by atoms with Gasteiger partial charge in [-0.2, -0.15) is 0 Å². The van der Waals surface area contributed by atoms with Gasteiger partial charge < -0.3 is 18.9 Å². The number of esters is 2. The van der Waals surface area contributed by atoms with Crippen LogP contribution in [0.25, 0.3) is 0 Å². The molecule has 7 heteroatoms. The van der Waals surface area contributed by atoms with Crippen molar-refractivity contribution in [3.05, 3.63) is 35.6 Å². The lowest BCUT2D eigenvalue weighted by Gasteiger charge is -2.34. The molecule has 1 aliphatic heterocycles. The number of cyclic esters (lactones) is 1. The molecule has 3 rings (SSSR count). The topological polar surface area (TPSA) is 71.1 Å². The van der Waals surface area contributed by atoms with Crippen LogP contribution >= 0.6 is 0 Å². The van der Waals surface area contributed by atoms with Crippen molar-refractivity contribution >= 4 is 11.9 Å². The minimum Gasteiger partial charge on any atom is -0.460 e. The molecule has 0 N–H and O–H groups in total. The van der Waals surface area contributed by atoms with E-state index in [0.29, 0.717) is 32.0 Å². The minimum absolute atomic E-state index is 0.0411. The van der Waals surface area contributed by atoms with Gasteiger partial charge >= 0.3 is 11.9 Å². The van der Waals surface area contributed by atoms with Crippen LogP contribution in [-0.2, 0) is 35.0 Å². The summed E-state index contributed by atoms with van der Waals surface area (Å²) in [5.41, 5.74) is 0.375. The highest BCUT2D eigenvalue weighted by molar-refractivity contribution is 5.80. The number of carbonyl (C=O) groups is 2. The Morgan fingerprint density at radius 2 is 1.85 bits per heavy atom. The van der Waals surface area contributed by atoms with Gasteiger partial charge in [0, 0.05) is 13.2 Å². The number of hydrogen-bond acceptors (Lipinski definition) is 6. The summed E-state index contributed by atoms with van der Waals surface area (Å²) >= 11 is 0. The van der Waals surface area contributed by atoms with Crippen LogP contribution in [0.1, 0.15) is 58.9 Å². The Bertz CT molecular complexity index is 783. The third-order valence-electron chi connectivity index (χ3n) is 5.98. The molecule has 0 bridgehead atoms. The molecule has 1 aromatic carbocycles. The zero-order valence-electron chi connectivity index (χ0n) is 20.2. The average molecular weight is 465 g/mol. The maximum atomic E-state index is 13.4. The summed E-state index contributed by atoms with van der Waals surface area (Å²) in [5.74, 6) is -1.32. The van der Waals surface area contributed by atoms with Crippen molar-refractivity contribution in [3.63, 3.8) is 0 Å². The van der Waals surface area contributed by atoms with E-state index in [1.54, 1.807) is 32.9 Å². The highest BCUT2D eigenvalue weighted by Crippen LogP contribution is 2.32. The van der Waals surface area contributed by atoms with Gasteiger partial charge in [-0.05, 0) is 82.9 Å². The number of benzene rings is 1. The van der Waals surface area contributed by atoms with Crippen LogP contribution in [0.4, 0.5) is 4.39 Å². The molecule has 1 heterocycles. The normalized spacial score (nSPS) is 27.0. The van der Waals surface area contributed by atoms with Gasteiger partial charge in [-0.15, -0.1) is 0 Å². The van der Waals surface area contributed by atoms with Gasteiger partial charge in [-0.1, -0.05) is 12.1 Å². The van der Waals surface area contributed by atoms with Crippen molar-refractivity contribution in [2.24, 2.45) is 17.8 Å². The zero-order chi connectivity index (χ0) is 24.0. The molecule has 6 nitrogen and oxygen atoms in total. The van der Waals surface area contributed by atoms with Gasteiger partial charge in [0.1, 0.15) is 17.5 Å². The second-order valence-corrected chi connectivity index (χ2v) is 10.3. The Labute approximate surface area is 196 Å².